The van der Waals surface area contributed by atoms with Crippen LogP contribution in [-0.4, -0.2) is 27.6 Å². The molecule has 3 N–H and O–H groups in total. The number of fused-ring (bicyclic) bond motifs is 1. The van der Waals surface area contributed by atoms with Crippen LogP contribution < -0.4 is 11.1 Å². The lowest BCUT2D eigenvalue weighted by atomic mass is 10.1. The average Bonchev–Trinajstić information content (AvgIpc) is 2.90. The number of rotatable bonds is 7. The molecule has 132 valence electrons. The van der Waals surface area contributed by atoms with Gasteiger partial charge in [-0.2, -0.15) is 5.10 Å². The summed E-state index contributed by atoms with van der Waals surface area (Å²) < 4.78 is 26.0. The molecule has 0 radical (unpaired) electrons. The molecule has 0 spiro atoms. The van der Waals surface area contributed by atoms with Crippen LogP contribution in [0.5, 0.6) is 0 Å². The van der Waals surface area contributed by atoms with E-state index in [-0.39, 0.29) is 6.42 Å². The highest BCUT2D eigenvalue weighted by Gasteiger charge is 2.18. The normalized spacial score (nSPS) is 12.7. The van der Waals surface area contributed by atoms with Gasteiger partial charge in [0.1, 0.15) is 5.52 Å². The fourth-order valence-corrected chi connectivity index (χ4v) is 3.94. The number of aromatic nitrogens is 3. The fourth-order valence-electron chi connectivity index (χ4n) is 2.63. The first-order valence-electron chi connectivity index (χ1n) is 7.94. The van der Waals surface area contributed by atoms with E-state index < -0.39 is 12.5 Å². The molecule has 1 atom stereocenters. The van der Waals surface area contributed by atoms with Gasteiger partial charge in [-0.1, -0.05) is 0 Å². The highest BCUT2D eigenvalue weighted by atomic mass is 32.1. The molecule has 0 saturated carbocycles. The van der Waals surface area contributed by atoms with Crippen LogP contribution in [0.1, 0.15) is 22.4 Å². The number of hydrogen-bond donors (Lipinski definition) is 2. The van der Waals surface area contributed by atoms with E-state index in [4.69, 9.17) is 5.73 Å². The fraction of sp³-hybridized carbons (Fsp3) is 0.353. The van der Waals surface area contributed by atoms with Gasteiger partial charge in [-0.3, -0.25) is 4.98 Å². The maximum Gasteiger partial charge on any atom is 0.240 e. The topological polar surface area (TPSA) is 76.7 Å². The molecule has 3 heterocycles. The van der Waals surface area contributed by atoms with Crippen LogP contribution >= 0.6 is 11.3 Å². The lowest BCUT2D eigenvalue weighted by Gasteiger charge is -2.09. The van der Waals surface area contributed by atoms with Crippen LogP contribution in [0.25, 0.3) is 10.2 Å². The number of hydrogen-bond acceptors (Lipinski definition) is 6. The molecule has 0 saturated heterocycles. The van der Waals surface area contributed by atoms with Gasteiger partial charge in [-0.15, -0.1) is 16.4 Å². The van der Waals surface area contributed by atoms with Crippen LogP contribution in [0.2, 0.25) is 0 Å². The van der Waals surface area contributed by atoms with Gasteiger partial charge in [0.15, 0.2) is 0 Å². The Labute approximate surface area is 148 Å². The Morgan fingerprint density at radius 1 is 1.28 bits per heavy atom. The van der Waals surface area contributed by atoms with Gasteiger partial charge in [0.25, 0.3) is 0 Å². The smallest absolute Gasteiger partial charge is 0.240 e. The maximum atomic E-state index is 12.5. The number of nitrogens with zero attached hydrogens (tertiary/aromatic N) is 3. The van der Waals surface area contributed by atoms with Crippen LogP contribution in [-0.2, 0) is 13.0 Å². The van der Waals surface area contributed by atoms with Crippen molar-refractivity contribution in [1.29, 1.82) is 0 Å². The van der Waals surface area contributed by atoms with E-state index in [2.05, 4.69) is 20.5 Å². The van der Waals surface area contributed by atoms with E-state index in [9.17, 15) is 8.78 Å². The van der Waals surface area contributed by atoms with E-state index in [0.717, 1.165) is 31.9 Å². The zero-order valence-corrected chi connectivity index (χ0v) is 14.6. The molecule has 0 amide bonds. The monoisotopic (exact) mass is 363 g/mol. The Hall–Kier alpha value is -2.19. The first-order chi connectivity index (χ1) is 12.0. The predicted octanol–water partition coefficient (Wildman–Crippen LogP) is 3.53. The second-order valence-electron chi connectivity index (χ2n) is 5.89. The zero-order chi connectivity index (χ0) is 17.8. The number of alkyl halides is 2. The van der Waals surface area contributed by atoms with Gasteiger partial charge in [0.2, 0.25) is 6.43 Å². The average molecular weight is 363 g/mol. The van der Waals surface area contributed by atoms with Crippen molar-refractivity contribution in [3.8, 4) is 0 Å². The number of nitrogens with two attached hydrogens (primary N) is 1. The van der Waals surface area contributed by atoms with Gasteiger partial charge in [-0.05, 0) is 36.6 Å². The van der Waals surface area contributed by atoms with Crippen LogP contribution in [0.3, 0.4) is 0 Å². The van der Waals surface area contributed by atoms with Crippen molar-refractivity contribution in [1.82, 2.24) is 15.2 Å². The maximum absolute atomic E-state index is 12.5. The summed E-state index contributed by atoms with van der Waals surface area (Å²) in [5, 5.41) is 11.6. The van der Waals surface area contributed by atoms with Crippen LogP contribution in [0.4, 0.5) is 14.5 Å². The van der Waals surface area contributed by atoms with E-state index in [1.807, 2.05) is 19.1 Å². The lowest BCUT2D eigenvalue weighted by Crippen LogP contribution is -2.25. The van der Waals surface area contributed by atoms with E-state index in [1.165, 1.54) is 11.3 Å². The minimum atomic E-state index is -2.39. The van der Waals surface area contributed by atoms with Crippen molar-refractivity contribution in [3.05, 3.63) is 46.7 Å². The summed E-state index contributed by atoms with van der Waals surface area (Å²) >= 11 is 1.54. The Balaban J connectivity index is 1.82. The second kappa shape index (κ2) is 7.79. The standard InChI is InChI=1S/C17H19F2N5S/c1-10-14(6-12(20)7-15(18)19)25-17-13(9-23-24-16(10)17)22-8-11-2-4-21-5-3-11/h2-5,9,12,15H,6-8,20H2,1H3,(H,22,24)/t12-/m1/s1. The third-order valence-electron chi connectivity index (χ3n) is 3.96. The molecule has 0 bridgehead atoms. The van der Waals surface area contributed by atoms with Crippen molar-refractivity contribution in [2.45, 2.75) is 38.8 Å². The molecule has 0 aromatic carbocycles. The molecule has 0 aliphatic carbocycles. The summed E-state index contributed by atoms with van der Waals surface area (Å²) in [5.41, 5.74) is 9.58. The quantitative estimate of drug-likeness (QED) is 0.671. The van der Waals surface area contributed by atoms with Gasteiger partial charge < -0.3 is 11.1 Å². The minimum absolute atomic E-state index is 0.299. The molecule has 0 fully saturated rings. The summed E-state index contributed by atoms with van der Waals surface area (Å²) in [6.45, 7) is 2.57. The molecule has 3 aromatic rings. The highest BCUT2D eigenvalue weighted by molar-refractivity contribution is 7.19. The van der Waals surface area contributed by atoms with E-state index >= 15 is 0 Å². The lowest BCUT2D eigenvalue weighted by molar-refractivity contribution is 0.128. The molecule has 8 heteroatoms. The largest absolute Gasteiger partial charge is 0.378 e. The Morgan fingerprint density at radius 2 is 2.04 bits per heavy atom. The van der Waals surface area contributed by atoms with Crippen LogP contribution in [0, 0.1) is 6.92 Å². The summed E-state index contributed by atoms with van der Waals surface area (Å²) in [6, 6.07) is 3.31. The van der Waals surface area contributed by atoms with Crippen LogP contribution in [0.15, 0.2) is 30.7 Å². The van der Waals surface area contributed by atoms with E-state index in [0.29, 0.717) is 13.0 Å². The van der Waals surface area contributed by atoms with E-state index in [1.54, 1.807) is 18.6 Å². The number of aryl methyl sites for hydroxylation is 1. The number of thiophene rings is 1. The summed E-state index contributed by atoms with van der Waals surface area (Å²) in [4.78, 5) is 4.98. The van der Waals surface area contributed by atoms with Gasteiger partial charge in [0, 0.05) is 36.3 Å². The van der Waals surface area contributed by atoms with Crippen molar-refractivity contribution >= 4 is 27.2 Å². The molecular formula is C17H19F2N5S. The first-order valence-corrected chi connectivity index (χ1v) is 8.76. The van der Waals surface area contributed by atoms with Gasteiger partial charge >= 0.3 is 0 Å². The molecular weight excluding hydrogens is 344 g/mol. The number of nitrogens with one attached hydrogen (secondary N) is 1. The number of pyridine rings is 1. The Kier molecular flexibility index (Phi) is 5.50. The number of anilines is 1. The Bertz CT molecular complexity index is 838. The molecule has 3 rings (SSSR count). The third kappa shape index (κ3) is 4.26. The summed E-state index contributed by atoms with van der Waals surface area (Å²) in [7, 11) is 0. The Morgan fingerprint density at radius 3 is 2.76 bits per heavy atom. The predicted molar refractivity (Wildman–Crippen MR) is 96.0 cm³/mol. The summed E-state index contributed by atoms with van der Waals surface area (Å²) in [5.74, 6) is 0. The van der Waals surface area contributed by atoms with Crippen molar-refractivity contribution in [2.24, 2.45) is 5.73 Å². The molecule has 3 aromatic heterocycles. The minimum Gasteiger partial charge on any atom is -0.378 e. The highest BCUT2D eigenvalue weighted by Crippen LogP contribution is 2.35. The molecule has 0 aliphatic heterocycles. The molecule has 0 unspecified atom stereocenters. The van der Waals surface area contributed by atoms with Crippen molar-refractivity contribution in [3.63, 3.8) is 0 Å². The van der Waals surface area contributed by atoms with Gasteiger partial charge in [0.05, 0.1) is 16.6 Å². The van der Waals surface area contributed by atoms with Crippen molar-refractivity contribution in [2.75, 3.05) is 5.32 Å². The third-order valence-corrected chi connectivity index (χ3v) is 5.30. The SMILES string of the molecule is Cc1c(C[C@@H](N)CC(F)F)sc2c(NCc3ccncc3)cnnc12. The van der Waals surface area contributed by atoms with Crippen molar-refractivity contribution < 1.29 is 8.78 Å². The first kappa shape index (κ1) is 17.6. The zero-order valence-electron chi connectivity index (χ0n) is 13.7. The molecule has 5 nitrogen and oxygen atoms in total. The summed E-state index contributed by atoms with van der Waals surface area (Å²) in [6.07, 6.45) is 2.90. The molecule has 0 aliphatic rings. The van der Waals surface area contributed by atoms with Gasteiger partial charge in [-0.25, -0.2) is 8.78 Å². The second-order valence-corrected chi connectivity index (χ2v) is 6.99. The number of halogens is 2. The molecule has 25 heavy (non-hydrogen) atoms.